The molecule has 0 aliphatic heterocycles. The van der Waals surface area contributed by atoms with Crippen LogP contribution in [0.2, 0.25) is 0 Å². The molecule has 0 bridgehead atoms. The Labute approximate surface area is 152 Å². The number of hydrogen-bond acceptors (Lipinski definition) is 6. The van der Waals surface area contributed by atoms with Gasteiger partial charge in [-0.05, 0) is 32.9 Å². The van der Waals surface area contributed by atoms with Crippen molar-refractivity contribution in [2.75, 3.05) is 19.5 Å². The second-order valence-corrected chi connectivity index (χ2v) is 5.77. The maximum Gasteiger partial charge on any atom is 0.342 e. The van der Waals surface area contributed by atoms with Crippen molar-refractivity contribution in [2.24, 2.45) is 7.05 Å². The molecule has 8 heteroatoms. The molecule has 1 amide bonds. The van der Waals surface area contributed by atoms with E-state index in [0.717, 1.165) is 0 Å². The molecule has 0 fully saturated rings. The van der Waals surface area contributed by atoms with Crippen LogP contribution in [-0.2, 0) is 16.6 Å². The molecular weight excluding hydrogens is 338 g/mol. The van der Waals surface area contributed by atoms with E-state index in [-0.39, 0.29) is 0 Å². The number of methoxy groups -OCH3 is 2. The minimum absolute atomic E-state index is 0.367. The first kappa shape index (κ1) is 19.3. The molecule has 2 aromatic rings. The van der Waals surface area contributed by atoms with E-state index in [2.05, 4.69) is 10.4 Å². The number of esters is 1. The second-order valence-electron chi connectivity index (χ2n) is 5.77. The first-order valence-corrected chi connectivity index (χ1v) is 8.02. The molecule has 140 valence electrons. The van der Waals surface area contributed by atoms with Crippen molar-refractivity contribution < 1.29 is 23.8 Å². The van der Waals surface area contributed by atoms with Crippen molar-refractivity contribution in [2.45, 2.75) is 26.9 Å². The van der Waals surface area contributed by atoms with Crippen molar-refractivity contribution in [1.82, 2.24) is 9.78 Å². The SMILES string of the molecule is COc1ccc(OC)c(NC(=O)C(C)OC(=O)c2c(C)nn(C)c2C)c1. The summed E-state index contributed by atoms with van der Waals surface area (Å²) in [6.07, 6.45) is -1.00. The molecule has 1 heterocycles. The van der Waals surface area contributed by atoms with Gasteiger partial charge in [0.15, 0.2) is 6.10 Å². The van der Waals surface area contributed by atoms with E-state index in [1.165, 1.54) is 21.1 Å². The molecule has 0 spiro atoms. The van der Waals surface area contributed by atoms with Crippen molar-refractivity contribution in [3.05, 3.63) is 35.2 Å². The summed E-state index contributed by atoms with van der Waals surface area (Å²) in [6, 6.07) is 5.01. The number of benzene rings is 1. The Kier molecular flexibility index (Phi) is 5.86. The lowest BCUT2D eigenvalue weighted by atomic mass is 10.2. The number of anilines is 1. The molecule has 1 aromatic carbocycles. The third kappa shape index (κ3) is 3.96. The first-order chi connectivity index (χ1) is 12.3. The zero-order chi connectivity index (χ0) is 19.4. The number of nitrogens with zero attached hydrogens (tertiary/aromatic N) is 2. The Hall–Kier alpha value is -3.03. The quantitative estimate of drug-likeness (QED) is 0.794. The Bertz CT molecular complexity index is 828. The van der Waals surface area contributed by atoms with Crippen LogP contribution in [0.25, 0.3) is 0 Å². The van der Waals surface area contributed by atoms with E-state index in [9.17, 15) is 9.59 Å². The van der Waals surface area contributed by atoms with Gasteiger partial charge in [-0.15, -0.1) is 0 Å². The van der Waals surface area contributed by atoms with Gasteiger partial charge in [0, 0.05) is 18.8 Å². The predicted molar refractivity (Wildman–Crippen MR) is 95.7 cm³/mol. The van der Waals surface area contributed by atoms with Gasteiger partial charge in [-0.3, -0.25) is 9.48 Å². The summed E-state index contributed by atoms with van der Waals surface area (Å²) in [5.74, 6) is -0.0403. The van der Waals surface area contributed by atoms with Crippen LogP contribution >= 0.6 is 0 Å². The molecule has 0 saturated heterocycles. The Morgan fingerprint density at radius 2 is 1.88 bits per heavy atom. The number of ether oxygens (including phenoxy) is 3. The standard InChI is InChI=1S/C18H23N3O5/c1-10-16(11(2)21(4)20-10)18(23)26-12(3)17(22)19-14-9-13(24-5)7-8-15(14)25-6/h7-9,12H,1-6H3,(H,19,22). The Balaban J connectivity index is 2.12. The molecule has 1 N–H and O–H groups in total. The fraction of sp³-hybridized carbons (Fsp3) is 0.389. The van der Waals surface area contributed by atoms with Gasteiger partial charge in [-0.25, -0.2) is 4.79 Å². The number of rotatable bonds is 6. The molecule has 26 heavy (non-hydrogen) atoms. The summed E-state index contributed by atoms with van der Waals surface area (Å²) in [4.78, 5) is 24.8. The highest BCUT2D eigenvalue weighted by Gasteiger charge is 2.24. The van der Waals surface area contributed by atoms with Crippen LogP contribution in [0.1, 0.15) is 28.7 Å². The van der Waals surface area contributed by atoms with Crippen molar-refractivity contribution in [3.63, 3.8) is 0 Å². The van der Waals surface area contributed by atoms with E-state index in [1.54, 1.807) is 43.8 Å². The predicted octanol–water partition coefficient (Wildman–Crippen LogP) is 2.24. The molecule has 8 nitrogen and oxygen atoms in total. The highest BCUT2D eigenvalue weighted by atomic mass is 16.5. The summed E-state index contributed by atoms with van der Waals surface area (Å²) in [5.41, 5.74) is 2.02. The lowest BCUT2D eigenvalue weighted by Crippen LogP contribution is -2.30. The van der Waals surface area contributed by atoms with Crippen LogP contribution in [0.4, 0.5) is 5.69 Å². The number of hydrogen-bond donors (Lipinski definition) is 1. The molecule has 1 atom stereocenters. The molecule has 2 rings (SSSR count). The lowest BCUT2D eigenvalue weighted by Gasteiger charge is -2.16. The van der Waals surface area contributed by atoms with Gasteiger partial charge in [-0.1, -0.05) is 0 Å². The van der Waals surface area contributed by atoms with Crippen LogP contribution in [0.15, 0.2) is 18.2 Å². The van der Waals surface area contributed by atoms with Crippen LogP contribution in [-0.4, -0.2) is 42.0 Å². The smallest absolute Gasteiger partial charge is 0.342 e. The molecule has 1 unspecified atom stereocenters. The van der Waals surface area contributed by atoms with Gasteiger partial charge in [0.2, 0.25) is 0 Å². The van der Waals surface area contributed by atoms with Gasteiger partial charge in [0.05, 0.1) is 25.6 Å². The van der Waals surface area contributed by atoms with E-state index in [0.29, 0.717) is 34.1 Å². The zero-order valence-electron chi connectivity index (χ0n) is 15.7. The van der Waals surface area contributed by atoms with Gasteiger partial charge in [0.25, 0.3) is 5.91 Å². The second kappa shape index (κ2) is 7.90. The monoisotopic (exact) mass is 361 g/mol. The van der Waals surface area contributed by atoms with E-state index >= 15 is 0 Å². The number of aryl methyl sites for hydroxylation is 2. The topological polar surface area (TPSA) is 91.7 Å². The molecule has 1 aromatic heterocycles. The van der Waals surface area contributed by atoms with Gasteiger partial charge >= 0.3 is 5.97 Å². The summed E-state index contributed by atoms with van der Waals surface area (Å²) in [7, 11) is 4.76. The fourth-order valence-electron chi connectivity index (χ4n) is 2.49. The van der Waals surface area contributed by atoms with E-state index < -0.39 is 18.0 Å². The molecular formula is C18H23N3O5. The fourth-order valence-corrected chi connectivity index (χ4v) is 2.49. The number of aromatic nitrogens is 2. The average molecular weight is 361 g/mol. The largest absolute Gasteiger partial charge is 0.497 e. The number of carbonyl (C=O) groups excluding carboxylic acids is 2. The van der Waals surface area contributed by atoms with Crippen LogP contribution < -0.4 is 14.8 Å². The number of amides is 1. The lowest BCUT2D eigenvalue weighted by molar-refractivity contribution is -0.123. The molecule has 0 saturated carbocycles. The minimum atomic E-state index is -1.00. The van der Waals surface area contributed by atoms with Crippen LogP contribution in [0.5, 0.6) is 11.5 Å². The maximum atomic E-state index is 12.4. The third-order valence-corrected chi connectivity index (χ3v) is 4.03. The number of nitrogens with one attached hydrogen (secondary N) is 1. The van der Waals surface area contributed by atoms with Crippen molar-refractivity contribution in [3.8, 4) is 11.5 Å². The summed E-state index contributed by atoms with van der Waals surface area (Å²) in [5, 5.41) is 6.86. The highest BCUT2D eigenvalue weighted by Crippen LogP contribution is 2.29. The van der Waals surface area contributed by atoms with Gasteiger partial charge < -0.3 is 19.5 Å². The Morgan fingerprint density at radius 3 is 2.42 bits per heavy atom. The third-order valence-electron chi connectivity index (χ3n) is 4.03. The van der Waals surface area contributed by atoms with Crippen LogP contribution in [0.3, 0.4) is 0 Å². The normalized spacial score (nSPS) is 11.6. The zero-order valence-corrected chi connectivity index (χ0v) is 15.7. The van der Waals surface area contributed by atoms with E-state index in [1.807, 2.05) is 0 Å². The Morgan fingerprint density at radius 1 is 1.19 bits per heavy atom. The van der Waals surface area contributed by atoms with Gasteiger partial charge in [0.1, 0.15) is 17.1 Å². The van der Waals surface area contributed by atoms with Crippen molar-refractivity contribution in [1.29, 1.82) is 0 Å². The van der Waals surface area contributed by atoms with Crippen molar-refractivity contribution >= 4 is 17.6 Å². The molecule has 0 radical (unpaired) electrons. The first-order valence-electron chi connectivity index (χ1n) is 8.02. The number of carbonyl (C=O) groups is 2. The molecule has 0 aliphatic rings. The van der Waals surface area contributed by atoms with Gasteiger partial charge in [-0.2, -0.15) is 5.10 Å². The van der Waals surface area contributed by atoms with Crippen LogP contribution in [0, 0.1) is 13.8 Å². The summed E-state index contributed by atoms with van der Waals surface area (Å²) in [6.45, 7) is 4.98. The molecule has 0 aliphatic carbocycles. The maximum absolute atomic E-state index is 12.4. The minimum Gasteiger partial charge on any atom is -0.497 e. The summed E-state index contributed by atoms with van der Waals surface area (Å²) >= 11 is 0. The summed E-state index contributed by atoms with van der Waals surface area (Å²) < 4.78 is 17.3. The average Bonchev–Trinajstić information content (AvgIpc) is 2.86. The highest BCUT2D eigenvalue weighted by molar-refractivity contribution is 5.99. The van der Waals surface area contributed by atoms with E-state index in [4.69, 9.17) is 14.2 Å².